The van der Waals surface area contributed by atoms with E-state index in [1.54, 1.807) is 11.6 Å². The molecule has 0 spiro atoms. The minimum absolute atomic E-state index is 0.0457. The number of aromatic nitrogens is 2. The maximum Gasteiger partial charge on any atom is 0.211 e. The van der Waals surface area contributed by atoms with E-state index in [0.717, 1.165) is 10.2 Å². The van der Waals surface area contributed by atoms with Crippen molar-refractivity contribution >= 4 is 21.6 Å². The summed E-state index contributed by atoms with van der Waals surface area (Å²) >= 11 is 1.54. The summed E-state index contributed by atoms with van der Waals surface area (Å²) in [7, 11) is 1.85. The van der Waals surface area contributed by atoms with Crippen LogP contribution in [0.2, 0.25) is 0 Å². The first-order valence-corrected chi connectivity index (χ1v) is 4.49. The molecular formula is C8H8N2OS. The van der Waals surface area contributed by atoms with E-state index >= 15 is 0 Å². The Bertz CT molecular complexity index is 483. The molecule has 4 heteroatoms. The SMILES string of the molecule is Cc1nn(C)c2sccc2c1=O. The second kappa shape index (κ2) is 2.42. The second-order valence-corrected chi connectivity index (χ2v) is 3.57. The fourth-order valence-corrected chi connectivity index (χ4v) is 2.05. The number of fused-ring (bicyclic) bond motifs is 1. The second-order valence-electron chi connectivity index (χ2n) is 2.68. The standard InChI is InChI=1S/C8H8N2OS/c1-5-7(11)6-3-4-12-8(6)10(2)9-5/h3-4H,1-2H3. The van der Waals surface area contributed by atoms with Crippen molar-refractivity contribution in [2.24, 2.45) is 7.05 Å². The fourth-order valence-electron chi connectivity index (χ4n) is 1.24. The van der Waals surface area contributed by atoms with E-state index < -0.39 is 0 Å². The Morgan fingerprint density at radius 1 is 1.58 bits per heavy atom. The number of nitrogens with zero attached hydrogens (tertiary/aromatic N) is 2. The lowest BCUT2D eigenvalue weighted by atomic mass is 10.3. The van der Waals surface area contributed by atoms with E-state index in [1.807, 2.05) is 18.5 Å². The molecule has 0 aliphatic carbocycles. The average molecular weight is 180 g/mol. The zero-order chi connectivity index (χ0) is 8.72. The zero-order valence-electron chi connectivity index (χ0n) is 6.87. The van der Waals surface area contributed by atoms with E-state index in [1.165, 1.54) is 11.3 Å². The van der Waals surface area contributed by atoms with E-state index in [4.69, 9.17) is 0 Å². The largest absolute Gasteiger partial charge is 0.287 e. The molecule has 62 valence electrons. The number of hydrogen-bond donors (Lipinski definition) is 0. The van der Waals surface area contributed by atoms with Crippen LogP contribution >= 0.6 is 11.3 Å². The molecule has 0 saturated heterocycles. The van der Waals surface area contributed by atoms with Crippen LogP contribution in [0.5, 0.6) is 0 Å². The van der Waals surface area contributed by atoms with Crippen molar-refractivity contribution in [1.82, 2.24) is 9.78 Å². The highest BCUT2D eigenvalue weighted by molar-refractivity contribution is 7.16. The van der Waals surface area contributed by atoms with Crippen LogP contribution in [0.25, 0.3) is 10.2 Å². The van der Waals surface area contributed by atoms with Gasteiger partial charge < -0.3 is 0 Å². The highest BCUT2D eigenvalue weighted by Gasteiger charge is 2.05. The molecule has 2 aromatic rings. The van der Waals surface area contributed by atoms with Crippen LogP contribution in [0.1, 0.15) is 5.69 Å². The van der Waals surface area contributed by atoms with Gasteiger partial charge in [-0.25, -0.2) is 0 Å². The molecule has 2 heterocycles. The van der Waals surface area contributed by atoms with Gasteiger partial charge in [0.15, 0.2) is 0 Å². The first-order valence-electron chi connectivity index (χ1n) is 3.61. The molecule has 0 aliphatic heterocycles. The molecule has 0 bridgehead atoms. The van der Waals surface area contributed by atoms with Crippen LogP contribution in [-0.2, 0) is 7.05 Å². The third-order valence-electron chi connectivity index (χ3n) is 1.81. The summed E-state index contributed by atoms with van der Waals surface area (Å²) in [5, 5.41) is 6.77. The highest BCUT2D eigenvalue weighted by atomic mass is 32.1. The number of thiophene rings is 1. The summed E-state index contributed by atoms with van der Waals surface area (Å²) in [5.41, 5.74) is 0.604. The van der Waals surface area contributed by atoms with Gasteiger partial charge in [0.05, 0.1) is 5.39 Å². The van der Waals surface area contributed by atoms with E-state index in [2.05, 4.69) is 5.10 Å². The molecule has 0 amide bonds. The minimum Gasteiger partial charge on any atom is -0.287 e. The molecule has 3 nitrogen and oxygen atoms in total. The van der Waals surface area contributed by atoms with Crippen molar-refractivity contribution < 1.29 is 0 Å². The third kappa shape index (κ3) is 0.881. The van der Waals surface area contributed by atoms with Gasteiger partial charge in [-0.3, -0.25) is 9.48 Å². The van der Waals surface area contributed by atoms with Crippen molar-refractivity contribution in [1.29, 1.82) is 0 Å². The third-order valence-corrected chi connectivity index (χ3v) is 2.79. The molecule has 0 atom stereocenters. The molecule has 0 unspecified atom stereocenters. The van der Waals surface area contributed by atoms with Gasteiger partial charge in [-0.15, -0.1) is 11.3 Å². The Labute approximate surface area is 73.3 Å². The van der Waals surface area contributed by atoms with E-state index in [9.17, 15) is 4.79 Å². The maximum atomic E-state index is 11.5. The molecule has 12 heavy (non-hydrogen) atoms. The number of rotatable bonds is 0. The van der Waals surface area contributed by atoms with Gasteiger partial charge in [0.2, 0.25) is 5.43 Å². The molecule has 0 N–H and O–H groups in total. The highest BCUT2D eigenvalue weighted by Crippen LogP contribution is 2.15. The zero-order valence-corrected chi connectivity index (χ0v) is 7.68. The van der Waals surface area contributed by atoms with Crippen molar-refractivity contribution in [3.05, 3.63) is 27.4 Å². The number of aryl methyl sites for hydroxylation is 2. The van der Waals surface area contributed by atoms with Gasteiger partial charge in [0.1, 0.15) is 10.5 Å². The van der Waals surface area contributed by atoms with Gasteiger partial charge in [-0.2, -0.15) is 5.10 Å². The van der Waals surface area contributed by atoms with Crippen molar-refractivity contribution in [2.75, 3.05) is 0 Å². The first-order chi connectivity index (χ1) is 5.70. The van der Waals surface area contributed by atoms with Crippen LogP contribution < -0.4 is 5.43 Å². The van der Waals surface area contributed by atoms with E-state index in [-0.39, 0.29) is 5.43 Å². The topological polar surface area (TPSA) is 34.9 Å². The molecule has 0 saturated carbocycles. The lowest BCUT2D eigenvalue weighted by molar-refractivity contribution is 0.760. The van der Waals surface area contributed by atoms with Crippen molar-refractivity contribution in [2.45, 2.75) is 6.92 Å². The predicted molar refractivity (Wildman–Crippen MR) is 49.6 cm³/mol. The van der Waals surface area contributed by atoms with Crippen LogP contribution in [0.15, 0.2) is 16.2 Å². The van der Waals surface area contributed by atoms with Crippen LogP contribution in [-0.4, -0.2) is 9.78 Å². The Morgan fingerprint density at radius 3 is 3.08 bits per heavy atom. The predicted octanol–water partition coefficient (Wildman–Crippen LogP) is 1.30. The summed E-state index contributed by atoms with van der Waals surface area (Å²) in [6.45, 7) is 1.74. The van der Waals surface area contributed by atoms with Gasteiger partial charge in [-0.1, -0.05) is 0 Å². The van der Waals surface area contributed by atoms with Crippen molar-refractivity contribution in [3.63, 3.8) is 0 Å². The van der Waals surface area contributed by atoms with Crippen LogP contribution in [0.3, 0.4) is 0 Å². The summed E-state index contributed by atoms with van der Waals surface area (Å²) in [5.74, 6) is 0. The lowest BCUT2D eigenvalue weighted by Gasteiger charge is -1.99. The summed E-state index contributed by atoms with van der Waals surface area (Å²) in [4.78, 5) is 12.4. The van der Waals surface area contributed by atoms with Gasteiger partial charge in [0.25, 0.3) is 0 Å². The normalized spacial score (nSPS) is 10.8. The summed E-state index contributed by atoms with van der Waals surface area (Å²) in [6, 6.07) is 1.84. The van der Waals surface area contributed by atoms with Crippen LogP contribution in [0.4, 0.5) is 0 Å². The summed E-state index contributed by atoms with van der Waals surface area (Å²) in [6.07, 6.45) is 0. The van der Waals surface area contributed by atoms with Gasteiger partial charge >= 0.3 is 0 Å². The molecule has 0 fully saturated rings. The molecule has 0 aliphatic rings. The first kappa shape index (κ1) is 7.49. The van der Waals surface area contributed by atoms with Gasteiger partial charge in [0, 0.05) is 7.05 Å². The summed E-state index contributed by atoms with van der Waals surface area (Å²) < 4.78 is 1.75. The fraction of sp³-hybridized carbons (Fsp3) is 0.250. The quantitative estimate of drug-likeness (QED) is 0.612. The lowest BCUT2D eigenvalue weighted by Crippen LogP contribution is -2.12. The Kier molecular flexibility index (Phi) is 1.51. The Morgan fingerprint density at radius 2 is 2.33 bits per heavy atom. The Hall–Kier alpha value is -1.16. The van der Waals surface area contributed by atoms with Crippen molar-refractivity contribution in [3.8, 4) is 0 Å². The average Bonchev–Trinajstić information content (AvgIpc) is 2.48. The van der Waals surface area contributed by atoms with Gasteiger partial charge in [-0.05, 0) is 18.4 Å². The Balaban J connectivity index is 3.07. The monoisotopic (exact) mass is 180 g/mol. The molecule has 0 aromatic carbocycles. The number of hydrogen-bond acceptors (Lipinski definition) is 3. The molecular weight excluding hydrogens is 172 g/mol. The van der Waals surface area contributed by atoms with Crippen LogP contribution in [0, 0.1) is 6.92 Å². The molecule has 0 radical (unpaired) electrons. The molecule has 2 aromatic heterocycles. The smallest absolute Gasteiger partial charge is 0.211 e. The maximum absolute atomic E-state index is 11.5. The molecule has 2 rings (SSSR count). The van der Waals surface area contributed by atoms with E-state index in [0.29, 0.717) is 5.69 Å². The minimum atomic E-state index is 0.0457.